The predicted octanol–water partition coefficient (Wildman–Crippen LogP) is 5.47. The van der Waals surface area contributed by atoms with E-state index in [9.17, 15) is 10.1 Å². The molecular weight excluding hydrogens is 454 g/mol. The fourth-order valence-corrected chi connectivity index (χ4v) is 6.14. The van der Waals surface area contributed by atoms with Gasteiger partial charge in [0.25, 0.3) is 0 Å². The van der Waals surface area contributed by atoms with Crippen molar-refractivity contribution in [1.29, 1.82) is 5.26 Å². The van der Waals surface area contributed by atoms with Gasteiger partial charge in [0.15, 0.2) is 11.0 Å². The Morgan fingerprint density at radius 3 is 2.70 bits per heavy atom. The number of aryl methyl sites for hydroxylation is 1. The minimum absolute atomic E-state index is 0.126. The maximum Gasteiger partial charge on any atom is 0.235 e. The van der Waals surface area contributed by atoms with Crippen LogP contribution in [-0.2, 0) is 17.6 Å². The van der Waals surface area contributed by atoms with E-state index >= 15 is 0 Å². The molecule has 0 radical (unpaired) electrons. The number of ether oxygens (including phenoxy) is 1. The summed E-state index contributed by atoms with van der Waals surface area (Å²) >= 11 is 2.91. The van der Waals surface area contributed by atoms with Gasteiger partial charge >= 0.3 is 0 Å². The number of carbonyl (C=O) groups excluding carboxylic acids is 1. The van der Waals surface area contributed by atoms with Crippen LogP contribution in [0.25, 0.3) is 11.4 Å². The molecule has 0 saturated heterocycles. The highest BCUT2D eigenvalue weighted by Crippen LogP contribution is 2.37. The molecule has 1 aliphatic rings. The molecule has 9 heteroatoms. The summed E-state index contributed by atoms with van der Waals surface area (Å²) in [6.07, 6.45) is 5.35. The van der Waals surface area contributed by atoms with Crippen molar-refractivity contribution in [1.82, 2.24) is 14.8 Å². The van der Waals surface area contributed by atoms with Crippen molar-refractivity contribution in [3.05, 3.63) is 40.3 Å². The standard InChI is InChI=1S/C24H27N5O2S2/c1-15(2)29-22(16-9-11-17(31-3)12-10-16)27-28-24(29)32-14-21(30)26-23-19(13-25)18-7-5-4-6-8-20(18)33-23/h9-12,15H,4-8,14H2,1-3H3,(H,26,30). The highest BCUT2D eigenvalue weighted by Gasteiger charge is 2.22. The number of nitrogens with one attached hydrogen (secondary N) is 1. The van der Waals surface area contributed by atoms with Crippen LogP contribution in [0.3, 0.4) is 0 Å². The topological polar surface area (TPSA) is 92.8 Å². The van der Waals surface area contributed by atoms with Crippen LogP contribution >= 0.6 is 23.1 Å². The molecule has 2 aromatic heterocycles. The molecule has 0 unspecified atom stereocenters. The number of carbonyl (C=O) groups is 1. The van der Waals surface area contributed by atoms with Gasteiger partial charge in [0.05, 0.1) is 18.4 Å². The van der Waals surface area contributed by atoms with Crippen LogP contribution in [0, 0.1) is 11.3 Å². The molecule has 1 aromatic carbocycles. The Hall–Kier alpha value is -2.83. The quantitative estimate of drug-likeness (QED) is 0.355. The second-order valence-corrected chi connectivity index (χ2v) is 10.3. The number of amides is 1. The minimum atomic E-state index is -0.141. The number of hydrogen-bond acceptors (Lipinski definition) is 7. The zero-order valence-corrected chi connectivity index (χ0v) is 20.7. The van der Waals surface area contributed by atoms with Gasteiger partial charge in [-0.15, -0.1) is 21.5 Å². The summed E-state index contributed by atoms with van der Waals surface area (Å²) in [7, 11) is 1.64. The summed E-state index contributed by atoms with van der Waals surface area (Å²) < 4.78 is 7.28. The van der Waals surface area contributed by atoms with Crippen molar-refractivity contribution < 1.29 is 9.53 Å². The fraction of sp³-hybridized carbons (Fsp3) is 0.417. The third-order valence-electron chi connectivity index (χ3n) is 5.65. The average Bonchev–Trinajstić information content (AvgIpc) is 3.31. The van der Waals surface area contributed by atoms with Gasteiger partial charge in [-0.05, 0) is 69.4 Å². The molecule has 33 heavy (non-hydrogen) atoms. The lowest BCUT2D eigenvalue weighted by Crippen LogP contribution is -2.15. The van der Waals surface area contributed by atoms with E-state index in [1.54, 1.807) is 18.4 Å². The van der Waals surface area contributed by atoms with Crippen LogP contribution in [0.15, 0.2) is 29.4 Å². The molecule has 1 N–H and O–H groups in total. The second-order valence-electron chi connectivity index (χ2n) is 8.22. The van der Waals surface area contributed by atoms with Crippen LogP contribution < -0.4 is 10.1 Å². The Bertz CT molecular complexity index is 1170. The fourth-order valence-electron chi connectivity index (χ4n) is 4.02. The monoisotopic (exact) mass is 481 g/mol. The Kier molecular flexibility index (Phi) is 7.36. The van der Waals surface area contributed by atoms with E-state index in [0.717, 1.165) is 48.4 Å². The maximum absolute atomic E-state index is 12.8. The number of anilines is 1. The van der Waals surface area contributed by atoms with Crippen molar-refractivity contribution in [2.75, 3.05) is 18.2 Å². The van der Waals surface area contributed by atoms with Gasteiger partial charge in [0.1, 0.15) is 16.8 Å². The van der Waals surface area contributed by atoms with Gasteiger partial charge in [0.2, 0.25) is 5.91 Å². The van der Waals surface area contributed by atoms with Gasteiger partial charge in [-0.25, -0.2) is 0 Å². The molecule has 0 atom stereocenters. The van der Waals surface area contributed by atoms with E-state index in [1.807, 2.05) is 28.8 Å². The summed E-state index contributed by atoms with van der Waals surface area (Å²) in [5.74, 6) is 1.59. The lowest BCUT2D eigenvalue weighted by atomic mass is 10.1. The van der Waals surface area contributed by atoms with Crippen molar-refractivity contribution in [2.45, 2.75) is 57.1 Å². The number of fused-ring (bicyclic) bond motifs is 1. The molecule has 4 rings (SSSR count). The molecule has 0 aliphatic heterocycles. The van der Waals surface area contributed by atoms with Crippen molar-refractivity contribution in [2.24, 2.45) is 0 Å². The SMILES string of the molecule is COc1ccc(-c2nnc(SCC(=O)Nc3sc4c(c3C#N)CCCCC4)n2C(C)C)cc1. The van der Waals surface area contributed by atoms with Crippen LogP contribution in [0.5, 0.6) is 5.75 Å². The molecule has 0 saturated carbocycles. The number of thioether (sulfide) groups is 1. The lowest BCUT2D eigenvalue weighted by molar-refractivity contribution is -0.113. The maximum atomic E-state index is 12.8. The predicted molar refractivity (Wildman–Crippen MR) is 132 cm³/mol. The summed E-state index contributed by atoms with van der Waals surface area (Å²) in [6, 6.07) is 10.1. The number of nitrogens with zero attached hydrogens (tertiary/aromatic N) is 4. The molecule has 0 fully saturated rings. The molecule has 7 nitrogen and oxygen atoms in total. The Morgan fingerprint density at radius 1 is 1.24 bits per heavy atom. The second kappa shape index (κ2) is 10.4. The van der Waals surface area contributed by atoms with E-state index < -0.39 is 0 Å². The van der Waals surface area contributed by atoms with E-state index in [4.69, 9.17) is 4.74 Å². The largest absolute Gasteiger partial charge is 0.497 e. The van der Waals surface area contributed by atoms with Crippen molar-refractivity contribution >= 4 is 34.0 Å². The average molecular weight is 482 g/mol. The zero-order valence-electron chi connectivity index (χ0n) is 19.1. The first-order valence-corrected chi connectivity index (χ1v) is 12.9. The smallest absolute Gasteiger partial charge is 0.235 e. The number of thiophene rings is 1. The summed E-state index contributed by atoms with van der Waals surface area (Å²) in [4.78, 5) is 14.0. The van der Waals surface area contributed by atoms with E-state index in [0.29, 0.717) is 15.7 Å². The number of benzene rings is 1. The van der Waals surface area contributed by atoms with Crippen molar-refractivity contribution in [3.8, 4) is 23.2 Å². The van der Waals surface area contributed by atoms with Gasteiger partial charge < -0.3 is 10.1 Å². The molecule has 1 aliphatic carbocycles. The molecule has 0 bridgehead atoms. The number of hydrogen-bond donors (Lipinski definition) is 1. The van der Waals surface area contributed by atoms with Gasteiger partial charge in [-0.3, -0.25) is 9.36 Å². The Labute approximate surface area is 202 Å². The molecule has 3 aromatic rings. The van der Waals surface area contributed by atoms with Crippen LogP contribution in [0.4, 0.5) is 5.00 Å². The van der Waals surface area contributed by atoms with E-state index in [-0.39, 0.29) is 17.7 Å². The molecular formula is C24H27N5O2S2. The molecule has 0 spiro atoms. The van der Waals surface area contributed by atoms with Crippen LogP contribution in [-0.4, -0.2) is 33.5 Å². The first kappa shape index (κ1) is 23.3. The van der Waals surface area contributed by atoms with E-state index in [1.165, 1.54) is 23.1 Å². The number of methoxy groups -OCH3 is 1. The number of nitriles is 1. The summed E-state index contributed by atoms with van der Waals surface area (Å²) in [6.45, 7) is 4.14. The van der Waals surface area contributed by atoms with Gasteiger partial charge in [-0.2, -0.15) is 5.26 Å². The normalized spacial score (nSPS) is 13.3. The zero-order chi connectivity index (χ0) is 23.4. The third-order valence-corrected chi connectivity index (χ3v) is 7.80. The highest BCUT2D eigenvalue weighted by atomic mass is 32.2. The molecule has 172 valence electrons. The lowest BCUT2D eigenvalue weighted by Gasteiger charge is -2.14. The number of rotatable bonds is 7. The van der Waals surface area contributed by atoms with Crippen LogP contribution in [0.1, 0.15) is 55.2 Å². The van der Waals surface area contributed by atoms with Crippen molar-refractivity contribution in [3.63, 3.8) is 0 Å². The van der Waals surface area contributed by atoms with E-state index in [2.05, 4.69) is 35.4 Å². The summed E-state index contributed by atoms with van der Waals surface area (Å²) in [5, 5.41) is 22.8. The minimum Gasteiger partial charge on any atom is -0.497 e. The Balaban J connectivity index is 1.48. The Morgan fingerprint density at radius 2 is 2.00 bits per heavy atom. The van der Waals surface area contributed by atoms with Gasteiger partial charge in [-0.1, -0.05) is 18.2 Å². The molecule has 2 heterocycles. The number of aromatic nitrogens is 3. The first-order valence-electron chi connectivity index (χ1n) is 11.1. The highest BCUT2D eigenvalue weighted by molar-refractivity contribution is 7.99. The first-order chi connectivity index (χ1) is 16.0. The summed E-state index contributed by atoms with van der Waals surface area (Å²) in [5.41, 5.74) is 2.71. The molecule has 1 amide bonds. The van der Waals surface area contributed by atoms with Gasteiger partial charge in [0, 0.05) is 16.5 Å². The third kappa shape index (κ3) is 5.07. The van der Waals surface area contributed by atoms with Crippen LogP contribution in [0.2, 0.25) is 0 Å².